The van der Waals surface area contributed by atoms with Gasteiger partial charge in [-0.05, 0) is 51.5 Å². The van der Waals surface area contributed by atoms with Crippen molar-refractivity contribution in [2.24, 2.45) is 4.99 Å². The number of hydrogen-bond acceptors (Lipinski definition) is 4. The first-order chi connectivity index (χ1) is 12.1. The minimum Gasteiger partial charge on any atom is -0.456 e. The summed E-state index contributed by atoms with van der Waals surface area (Å²) in [5, 5.41) is 0. The van der Waals surface area contributed by atoms with E-state index in [1.807, 2.05) is 0 Å². The summed E-state index contributed by atoms with van der Waals surface area (Å²) in [4.78, 5) is 28.5. The lowest BCUT2D eigenvalue weighted by molar-refractivity contribution is 0.00673. The number of ether oxygens (including phenoxy) is 1. The Morgan fingerprint density at radius 1 is 1.04 bits per heavy atom. The molecule has 2 aromatic carbocycles. The largest absolute Gasteiger partial charge is 0.456 e. The van der Waals surface area contributed by atoms with Crippen molar-refractivity contribution in [1.29, 1.82) is 0 Å². The van der Waals surface area contributed by atoms with E-state index in [1.54, 1.807) is 20.8 Å². The molecule has 136 valence electrons. The second-order valence-corrected chi connectivity index (χ2v) is 6.72. The van der Waals surface area contributed by atoms with Crippen molar-refractivity contribution in [1.82, 2.24) is 0 Å². The van der Waals surface area contributed by atoms with E-state index in [-0.39, 0.29) is 16.8 Å². The van der Waals surface area contributed by atoms with Crippen molar-refractivity contribution in [2.45, 2.75) is 33.3 Å². The number of benzene rings is 2. The number of rotatable bonds is 4. The molecule has 0 bridgehead atoms. The highest BCUT2D eigenvalue weighted by Crippen LogP contribution is 2.27. The molecular formula is C20H19F2NO3. The first-order valence-electron chi connectivity index (χ1n) is 7.94. The van der Waals surface area contributed by atoms with E-state index in [9.17, 15) is 18.4 Å². The third-order valence-corrected chi connectivity index (χ3v) is 3.28. The molecule has 2 rings (SSSR count). The van der Waals surface area contributed by atoms with Crippen LogP contribution in [0.5, 0.6) is 0 Å². The van der Waals surface area contributed by atoms with Gasteiger partial charge in [0.15, 0.2) is 5.78 Å². The molecule has 0 amide bonds. The molecule has 0 radical (unpaired) electrons. The van der Waals surface area contributed by atoms with E-state index in [4.69, 9.17) is 4.74 Å². The van der Waals surface area contributed by atoms with Crippen LogP contribution >= 0.6 is 0 Å². The number of aliphatic imine (C=N–C) groups is 1. The fraction of sp³-hybridized carbons (Fsp3) is 0.250. The highest BCUT2D eigenvalue weighted by molar-refractivity contribution is 6.09. The van der Waals surface area contributed by atoms with Crippen LogP contribution in [-0.2, 0) is 4.74 Å². The van der Waals surface area contributed by atoms with Gasteiger partial charge in [-0.1, -0.05) is 12.1 Å². The normalized spacial score (nSPS) is 11.6. The van der Waals surface area contributed by atoms with Crippen LogP contribution in [0, 0.1) is 11.6 Å². The molecule has 0 aliphatic heterocycles. The maximum Gasteiger partial charge on any atom is 0.339 e. The van der Waals surface area contributed by atoms with Gasteiger partial charge in [0.05, 0.1) is 16.8 Å². The number of halogens is 2. The topological polar surface area (TPSA) is 55.7 Å². The number of carbonyl (C=O) groups excluding carboxylic acids is 2. The van der Waals surface area contributed by atoms with Crippen LogP contribution in [0.2, 0.25) is 0 Å². The SMILES string of the molecule is CC(=O)c1c(/N=C/c2ccc(F)cc2)cc(F)cc1C(=O)OC(C)(C)C. The van der Waals surface area contributed by atoms with Gasteiger partial charge in [-0.25, -0.2) is 13.6 Å². The fourth-order valence-electron chi connectivity index (χ4n) is 2.25. The van der Waals surface area contributed by atoms with Crippen LogP contribution in [0.1, 0.15) is 54.0 Å². The second kappa shape index (κ2) is 7.56. The Balaban J connectivity index is 2.50. The molecule has 4 nitrogen and oxygen atoms in total. The van der Waals surface area contributed by atoms with Crippen LogP contribution in [0.15, 0.2) is 41.4 Å². The van der Waals surface area contributed by atoms with E-state index in [0.717, 1.165) is 12.1 Å². The van der Waals surface area contributed by atoms with Gasteiger partial charge < -0.3 is 4.74 Å². The first-order valence-corrected chi connectivity index (χ1v) is 7.94. The predicted molar refractivity (Wildman–Crippen MR) is 95.2 cm³/mol. The molecule has 0 unspecified atom stereocenters. The monoisotopic (exact) mass is 359 g/mol. The number of Topliss-reactive ketones (excluding diaryl/α,β-unsaturated/α-hetero) is 1. The summed E-state index contributed by atoms with van der Waals surface area (Å²) >= 11 is 0. The molecule has 0 aliphatic carbocycles. The molecule has 0 heterocycles. The molecule has 0 aliphatic rings. The van der Waals surface area contributed by atoms with Crippen LogP contribution in [0.25, 0.3) is 0 Å². The van der Waals surface area contributed by atoms with E-state index < -0.39 is 29.0 Å². The third-order valence-electron chi connectivity index (χ3n) is 3.28. The average molecular weight is 359 g/mol. The Hall–Kier alpha value is -2.89. The third kappa shape index (κ3) is 5.05. The molecule has 2 aromatic rings. The van der Waals surface area contributed by atoms with Crippen molar-refractivity contribution in [2.75, 3.05) is 0 Å². The molecule has 0 atom stereocenters. The zero-order chi connectivity index (χ0) is 19.5. The Kier molecular flexibility index (Phi) is 5.65. The molecule has 0 saturated carbocycles. The van der Waals surface area contributed by atoms with E-state index in [2.05, 4.69) is 4.99 Å². The van der Waals surface area contributed by atoms with Gasteiger partial charge in [0.25, 0.3) is 0 Å². The summed E-state index contributed by atoms with van der Waals surface area (Å²) in [6.07, 6.45) is 1.36. The number of carbonyl (C=O) groups is 2. The fourth-order valence-corrected chi connectivity index (χ4v) is 2.25. The second-order valence-electron chi connectivity index (χ2n) is 6.72. The van der Waals surface area contributed by atoms with E-state index in [0.29, 0.717) is 5.56 Å². The van der Waals surface area contributed by atoms with Gasteiger partial charge >= 0.3 is 5.97 Å². The van der Waals surface area contributed by atoms with E-state index in [1.165, 1.54) is 37.4 Å². The van der Waals surface area contributed by atoms with Crippen LogP contribution in [-0.4, -0.2) is 23.6 Å². The minimum absolute atomic E-state index is 0.00249. The van der Waals surface area contributed by atoms with Crippen molar-refractivity contribution in [3.63, 3.8) is 0 Å². The Bertz CT molecular complexity index is 866. The Morgan fingerprint density at radius 2 is 1.65 bits per heavy atom. The Morgan fingerprint density at radius 3 is 2.19 bits per heavy atom. The van der Waals surface area contributed by atoms with Gasteiger partial charge in [0.1, 0.15) is 17.2 Å². The molecule has 0 N–H and O–H groups in total. The van der Waals surface area contributed by atoms with Crippen LogP contribution in [0.4, 0.5) is 14.5 Å². The summed E-state index contributed by atoms with van der Waals surface area (Å²) < 4.78 is 32.2. The number of nitrogens with zero attached hydrogens (tertiary/aromatic N) is 1. The zero-order valence-corrected chi connectivity index (χ0v) is 15.0. The van der Waals surface area contributed by atoms with E-state index >= 15 is 0 Å². The highest BCUT2D eigenvalue weighted by atomic mass is 19.1. The maximum absolute atomic E-state index is 14.0. The smallest absolute Gasteiger partial charge is 0.339 e. The summed E-state index contributed by atoms with van der Waals surface area (Å²) in [6, 6.07) is 7.50. The van der Waals surface area contributed by atoms with Gasteiger partial charge in [0.2, 0.25) is 0 Å². The number of ketones is 1. The van der Waals surface area contributed by atoms with Crippen molar-refractivity contribution < 1.29 is 23.1 Å². The standard InChI is InChI=1S/C20H19F2NO3/c1-12(24)18-16(19(25)26-20(2,3)4)9-15(22)10-17(18)23-11-13-5-7-14(21)8-6-13/h5-11H,1-4H3/b23-11+. The summed E-state index contributed by atoms with van der Waals surface area (Å²) in [5.74, 6) is -2.37. The maximum atomic E-state index is 14.0. The van der Waals surface area contributed by atoms with Crippen molar-refractivity contribution >= 4 is 23.7 Å². The molecular weight excluding hydrogens is 340 g/mol. The van der Waals surface area contributed by atoms with Gasteiger partial charge in [-0.2, -0.15) is 0 Å². The summed E-state index contributed by atoms with van der Waals surface area (Å²) in [5.41, 5.74) is -0.445. The lowest BCUT2D eigenvalue weighted by atomic mass is 10.0. The predicted octanol–water partition coefficient (Wildman–Crippen LogP) is 4.87. The van der Waals surface area contributed by atoms with Crippen molar-refractivity contribution in [3.8, 4) is 0 Å². The Labute approximate surface area is 150 Å². The molecule has 26 heavy (non-hydrogen) atoms. The minimum atomic E-state index is -0.805. The lowest BCUT2D eigenvalue weighted by Gasteiger charge is -2.20. The van der Waals surface area contributed by atoms with Gasteiger partial charge in [-0.15, -0.1) is 0 Å². The molecule has 0 aromatic heterocycles. The van der Waals surface area contributed by atoms with Crippen LogP contribution in [0.3, 0.4) is 0 Å². The highest BCUT2D eigenvalue weighted by Gasteiger charge is 2.25. The number of hydrogen-bond donors (Lipinski definition) is 0. The molecule has 0 saturated heterocycles. The molecule has 6 heteroatoms. The summed E-state index contributed by atoms with van der Waals surface area (Å²) in [6.45, 7) is 6.28. The molecule has 0 fully saturated rings. The van der Waals surface area contributed by atoms with Gasteiger partial charge in [-0.3, -0.25) is 9.79 Å². The van der Waals surface area contributed by atoms with Crippen LogP contribution < -0.4 is 0 Å². The average Bonchev–Trinajstić information content (AvgIpc) is 2.51. The summed E-state index contributed by atoms with van der Waals surface area (Å²) in [7, 11) is 0. The quantitative estimate of drug-likeness (QED) is 0.444. The number of esters is 1. The van der Waals surface area contributed by atoms with Crippen molar-refractivity contribution in [3.05, 3.63) is 64.7 Å². The van der Waals surface area contributed by atoms with Gasteiger partial charge in [0, 0.05) is 12.3 Å². The first kappa shape index (κ1) is 19.4. The zero-order valence-electron chi connectivity index (χ0n) is 15.0. The molecule has 0 spiro atoms. The lowest BCUT2D eigenvalue weighted by Crippen LogP contribution is -2.25.